The van der Waals surface area contributed by atoms with E-state index in [2.05, 4.69) is 39.5 Å². The van der Waals surface area contributed by atoms with Crippen LogP contribution in [0.25, 0.3) is 0 Å². The second-order valence-corrected chi connectivity index (χ2v) is 7.63. The highest BCUT2D eigenvalue weighted by molar-refractivity contribution is 5.67. The zero-order valence-corrected chi connectivity index (χ0v) is 15.7. The minimum absolute atomic E-state index is 0.0272. The Labute approximate surface area is 146 Å². The number of carbonyl (C=O) groups excluding carboxylic acids is 1. The lowest BCUT2D eigenvalue weighted by Crippen LogP contribution is -2.16. The molecular formula is C21H32O3. The van der Waals surface area contributed by atoms with E-state index in [0.29, 0.717) is 5.76 Å². The molecule has 2 aliphatic rings. The largest absolute Gasteiger partial charge is 0.432 e. The lowest BCUT2D eigenvalue weighted by atomic mass is 9.88. The first-order valence-electron chi connectivity index (χ1n) is 9.16. The third-order valence-corrected chi connectivity index (χ3v) is 5.32. The van der Waals surface area contributed by atoms with E-state index in [9.17, 15) is 4.79 Å². The summed E-state index contributed by atoms with van der Waals surface area (Å²) >= 11 is 0. The van der Waals surface area contributed by atoms with Crippen molar-refractivity contribution in [3.63, 3.8) is 0 Å². The molecule has 0 aromatic heterocycles. The van der Waals surface area contributed by atoms with Gasteiger partial charge in [-0.25, -0.2) is 0 Å². The summed E-state index contributed by atoms with van der Waals surface area (Å²) in [6, 6.07) is 0. The Morgan fingerprint density at radius 2 is 1.92 bits per heavy atom. The first-order valence-corrected chi connectivity index (χ1v) is 9.16. The Bertz CT molecular complexity index is 543. The van der Waals surface area contributed by atoms with Crippen molar-refractivity contribution in [1.82, 2.24) is 0 Å². The van der Waals surface area contributed by atoms with Gasteiger partial charge in [0, 0.05) is 12.8 Å². The molecule has 1 saturated heterocycles. The van der Waals surface area contributed by atoms with Crippen molar-refractivity contribution in [3.8, 4) is 0 Å². The van der Waals surface area contributed by atoms with Gasteiger partial charge in [-0.1, -0.05) is 29.9 Å². The number of fused-ring (bicyclic) bond motifs is 1. The molecule has 0 N–H and O–H groups in total. The number of esters is 1. The molecule has 0 radical (unpaired) electrons. The van der Waals surface area contributed by atoms with Gasteiger partial charge in [-0.05, 0) is 65.7 Å². The lowest BCUT2D eigenvalue weighted by Gasteiger charge is -2.19. The number of allylic oxidation sites excluding steroid dienone is 5. The van der Waals surface area contributed by atoms with Crippen molar-refractivity contribution in [3.05, 3.63) is 35.6 Å². The van der Waals surface area contributed by atoms with E-state index in [-0.39, 0.29) is 23.6 Å². The summed E-state index contributed by atoms with van der Waals surface area (Å²) in [4.78, 5) is 11.3. The van der Waals surface area contributed by atoms with Gasteiger partial charge in [0.1, 0.15) is 5.76 Å². The Hall–Kier alpha value is -1.35. The highest BCUT2D eigenvalue weighted by Crippen LogP contribution is 2.45. The van der Waals surface area contributed by atoms with Crippen LogP contribution in [0.4, 0.5) is 0 Å². The number of ether oxygens (including phenoxy) is 2. The average Bonchev–Trinajstić information content (AvgIpc) is 3.11. The van der Waals surface area contributed by atoms with Crippen LogP contribution >= 0.6 is 0 Å². The molecule has 0 aromatic carbocycles. The Kier molecular flexibility index (Phi) is 6.45. The minimum Gasteiger partial charge on any atom is -0.432 e. The smallest absolute Gasteiger partial charge is 0.307 e. The van der Waals surface area contributed by atoms with Gasteiger partial charge >= 0.3 is 5.97 Å². The van der Waals surface area contributed by atoms with Crippen molar-refractivity contribution >= 4 is 5.97 Å². The van der Waals surface area contributed by atoms with E-state index < -0.39 is 0 Å². The van der Waals surface area contributed by atoms with Crippen LogP contribution in [0.3, 0.4) is 0 Å². The summed E-state index contributed by atoms with van der Waals surface area (Å²) in [5.74, 6) is 0.479. The summed E-state index contributed by atoms with van der Waals surface area (Å²) in [6.45, 7) is 12.1. The SMILES string of the molecule is C=C(OC(C)=O)C1CC/C(C)=C/CC/C(C)=C/CCC2(C)OC2C1. The van der Waals surface area contributed by atoms with Crippen LogP contribution in [-0.2, 0) is 14.3 Å². The maximum Gasteiger partial charge on any atom is 0.307 e. The molecular weight excluding hydrogens is 300 g/mol. The monoisotopic (exact) mass is 332 g/mol. The quantitative estimate of drug-likeness (QED) is 0.291. The molecule has 3 heteroatoms. The van der Waals surface area contributed by atoms with Crippen LogP contribution < -0.4 is 0 Å². The molecule has 2 rings (SSSR count). The molecule has 0 bridgehead atoms. The van der Waals surface area contributed by atoms with Gasteiger partial charge in [-0.3, -0.25) is 4.79 Å². The van der Waals surface area contributed by atoms with Crippen LogP contribution in [0.15, 0.2) is 35.6 Å². The summed E-state index contributed by atoms with van der Waals surface area (Å²) in [5, 5.41) is 0. The van der Waals surface area contributed by atoms with Gasteiger partial charge < -0.3 is 9.47 Å². The second kappa shape index (κ2) is 8.15. The molecule has 1 fully saturated rings. The number of rotatable bonds is 2. The van der Waals surface area contributed by atoms with Gasteiger partial charge in [0.25, 0.3) is 0 Å². The summed E-state index contributed by atoms with van der Waals surface area (Å²) < 4.78 is 11.3. The zero-order chi connectivity index (χ0) is 17.7. The summed E-state index contributed by atoms with van der Waals surface area (Å²) in [5.41, 5.74) is 2.85. The van der Waals surface area contributed by atoms with E-state index in [1.54, 1.807) is 0 Å². The summed E-state index contributed by atoms with van der Waals surface area (Å²) in [7, 11) is 0. The lowest BCUT2D eigenvalue weighted by molar-refractivity contribution is -0.137. The topological polar surface area (TPSA) is 38.8 Å². The van der Waals surface area contributed by atoms with Gasteiger partial charge in [0.15, 0.2) is 0 Å². The van der Waals surface area contributed by atoms with E-state index >= 15 is 0 Å². The third kappa shape index (κ3) is 5.62. The normalized spacial score (nSPS) is 36.2. The fourth-order valence-electron chi connectivity index (χ4n) is 3.50. The van der Waals surface area contributed by atoms with Crippen LogP contribution in [-0.4, -0.2) is 17.7 Å². The van der Waals surface area contributed by atoms with Crippen LogP contribution in [0.2, 0.25) is 0 Å². The number of carbonyl (C=O) groups is 1. The van der Waals surface area contributed by atoms with Crippen LogP contribution in [0.5, 0.6) is 0 Å². The number of epoxide rings is 1. The Balaban J connectivity index is 2.08. The molecule has 134 valence electrons. The van der Waals surface area contributed by atoms with Gasteiger partial charge in [0.2, 0.25) is 0 Å². The van der Waals surface area contributed by atoms with E-state index in [1.807, 2.05) is 0 Å². The van der Waals surface area contributed by atoms with Gasteiger partial charge in [-0.15, -0.1) is 0 Å². The molecule has 1 heterocycles. The minimum atomic E-state index is -0.285. The second-order valence-electron chi connectivity index (χ2n) is 7.63. The Morgan fingerprint density at radius 3 is 2.62 bits per heavy atom. The predicted molar refractivity (Wildman–Crippen MR) is 97.5 cm³/mol. The van der Waals surface area contributed by atoms with Crippen molar-refractivity contribution in [2.75, 3.05) is 0 Å². The molecule has 0 aromatic rings. The van der Waals surface area contributed by atoms with Crippen molar-refractivity contribution < 1.29 is 14.3 Å². The molecule has 3 unspecified atom stereocenters. The van der Waals surface area contributed by atoms with Crippen molar-refractivity contribution in [2.24, 2.45) is 5.92 Å². The maximum atomic E-state index is 11.3. The molecule has 3 atom stereocenters. The molecule has 24 heavy (non-hydrogen) atoms. The molecule has 3 nitrogen and oxygen atoms in total. The fourth-order valence-corrected chi connectivity index (χ4v) is 3.50. The highest BCUT2D eigenvalue weighted by Gasteiger charge is 2.52. The molecule has 1 aliphatic heterocycles. The fraction of sp³-hybridized carbons (Fsp3) is 0.667. The first-order chi connectivity index (χ1) is 11.3. The highest BCUT2D eigenvalue weighted by atomic mass is 16.6. The van der Waals surface area contributed by atoms with E-state index in [4.69, 9.17) is 9.47 Å². The molecule has 1 aliphatic carbocycles. The third-order valence-electron chi connectivity index (χ3n) is 5.32. The van der Waals surface area contributed by atoms with Crippen molar-refractivity contribution in [2.45, 2.75) is 84.3 Å². The Morgan fingerprint density at radius 1 is 1.25 bits per heavy atom. The molecule has 0 amide bonds. The number of hydrogen-bond acceptors (Lipinski definition) is 3. The maximum absolute atomic E-state index is 11.3. The zero-order valence-electron chi connectivity index (χ0n) is 15.7. The van der Waals surface area contributed by atoms with Crippen LogP contribution in [0, 0.1) is 5.92 Å². The van der Waals surface area contributed by atoms with E-state index in [0.717, 1.165) is 44.9 Å². The summed E-state index contributed by atoms with van der Waals surface area (Å²) in [6.07, 6.45) is 12.1. The van der Waals surface area contributed by atoms with Gasteiger partial charge in [-0.2, -0.15) is 0 Å². The number of hydrogen-bond donors (Lipinski definition) is 0. The predicted octanol–water partition coefficient (Wildman–Crippen LogP) is 5.47. The molecule has 0 saturated carbocycles. The standard InChI is InChI=1S/C21H32O3/c1-15-8-6-9-16(2)11-12-19(17(3)23-18(4)22)14-20-21(5,24-20)13-7-10-15/h9-10,19-20H,3,6-8,11-14H2,1-2,4-5H3/b15-10+,16-9+. The first kappa shape index (κ1) is 19.0. The average molecular weight is 332 g/mol. The van der Waals surface area contributed by atoms with Crippen LogP contribution in [0.1, 0.15) is 72.6 Å². The van der Waals surface area contributed by atoms with Crippen molar-refractivity contribution in [1.29, 1.82) is 0 Å². The van der Waals surface area contributed by atoms with Gasteiger partial charge in [0.05, 0.1) is 11.7 Å². The van der Waals surface area contributed by atoms with E-state index in [1.165, 1.54) is 18.1 Å². The molecule has 0 spiro atoms.